The number of hydrogen-bond acceptors (Lipinski definition) is 4. The third-order valence-electron chi connectivity index (χ3n) is 3.05. The number of aromatic nitrogens is 2. The Balaban J connectivity index is 2.04. The van der Waals surface area contributed by atoms with E-state index in [0.29, 0.717) is 11.3 Å². The quantitative estimate of drug-likeness (QED) is 0.833. The van der Waals surface area contributed by atoms with Crippen LogP contribution < -0.4 is 4.74 Å². The first-order valence-electron chi connectivity index (χ1n) is 6.35. The molecular weight excluding hydrogens is 252 g/mol. The monoisotopic (exact) mass is 270 g/mol. The van der Waals surface area contributed by atoms with Crippen molar-refractivity contribution in [3.63, 3.8) is 0 Å². The Kier molecular flexibility index (Phi) is 4.38. The number of hydrogen-bond donors (Lipinski definition) is 0. The Bertz CT molecular complexity index is 627. The fourth-order valence-electron chi connectivity index (χ4n) is 2.17. The van der Waals surface area contributed by atoms with Gasteiger partial charge in [0.25, 0.3) is 0 Å². The number of aryl methyl sites for hydroxylation is 1. The van der Waals surface area contributed by atoms with Gasteiger partial charge in [0.15, 0.2) is 0 Å². The molecule has 0 aliphatic carbocycles. The highest BCUT2D eigenvalue weighted by Crippen LogP contribution is 2.19. The minimum absolute atomic E-state index is 0.569. The standard InChI is InChI=1S/C15H18N4O/c1-18(10-13-8-17-19(2)11-13)9-12-4-5-15(20-3)14(6-12)7-16/h4-6,8,11H,9-10H2,1-3H3. The first kappa shape index (κ1) is 14.1. The molecule has 0 amide bonds. The maximum atomic E-state index is 9.09. The Labute approximate surface area is 119 Å². The van der Waals surface area contributed by atoms with Crippen LogP contribution in [0.15, 0.2) is 30.6 Å². The molecule has 0 radical (unpaired) electrons. The van der Waals surface area contributed by atoms with Crippen LogP contribution in [0.2, 0.25) is 0 Å². The Hall–Kier alpha value is -2.32. The lowest BCUT2D eigenvalue weighted by molar-refractivity contribution is 0.318. The van der Waals surface area contributed by atoms with Crippen molar-refractivity contribution < 1.29 is 4.74 Å². The highest BCUT2D eigenvalue weighted by molar-refractivity contribution is 5.45. The number of ether oxygens (including phenoxy) is 1. The fraction of sp³-hybridized carbons (Fsp3) is 0.333. The van der Waals surface area contributed by atoms with Crippen molar-refractivity contribution in [2.24, 2.45) is 7.05 Å². The molecule has 0 unspecified atom stereocenters. The van der Waals surface area contributed by atoms with E-state index in [4.69, 9.17) is 10.00 Å². The molecule has 20 heavy (non-hydrogen) atoms. The van der Waals surface area contributed by atoms with Gasteiger partial charge in [-0.1, -0.05) is 6.07 Å². The Morgan fingerprint density at radius 3 is 2.70 bits per heavy atom. The van der Waals surface area contributed by atoms with Gasteiger partial charge < -0.3 is 4.74 Å². The average molecular weight is 270 g/mol. The highest BCUT2D eigenvalue weighted by Gasteiger charge is 2.07. The van der Waals surface area contributed by atoms with E-state index in [-0.39, 0.29) is 0 Å². The van der Waals surface area contributed by atoms with Crippen molar-refractivity contribution in [3.8, 4) is 11.8 Å². The molecule has 0 spiro atoms. The number of nitrogens with zero attached hydrogens (tertiary/aromatic N) is 4. The third kappa shape index (κ3) is 3.37. The summed E-state index contributed by atoms with van der Waals surface area (Å²) in [6, 6.07) is 7.85. The summed E-state index contributed by atoms with van der Waals surface area (Å²) in [6.07, 6.45) is 3.87. The number of rotatable bonds is 5. The van der Waals surface area contributed by atoms with Crippen molar-refractivity contribution in [1.82, 2.24) is 14.7 Å². The summed E-state index contributed by atoms with van der Waals surface area (Å²) < 4.78 is 6.94. The molecule has 0 aliphatic heterocycles. The van der Waals surface area contributed by atoms with E-state index in [1.165, 1.54) is 5.56 Å². The fourth-order valence-corrected chi connectivity index (χ4v) is 2.17. The van der Waals surface area contributed by atoms with Gasteiger partial charge in [0.1, 0.15) is 11.8 Å². The molecule has 5 heteroatoms. The molecule has 0 saturated heterocycles. The summed E-state index contributed by atoms with van der Waals surface area (Å²) in [4.78, 5) is 2.18. The van der Waals surface area contributed by atoms with E-state index in [9.17, 15) is 0 Å². The second-order valence-electron chi connectivity index (χ2n) is 4.84. The Morgan fingerprint density at radius 1 is 1.35 bits per heavy atom. The molecule has 0 aliphatic rings. The molecular formula is C15H18N4O. The van der Waals surface area contributed by atoms with Gasteiger partial charge >= 0.3 is 0 Å². The summed E-state index contributed by atoms with van der Waals surface area (Å²) in [5.41, 5.74) is 2.83. The molecule has 0 atom stereocenters. The van der Waals surface area contributed by atoms with Crippen molar-refractivity contribution in [3.05, 3.63) is 47.3 Å². The molecule has 104 valence electrons. The van der Waals surface area contributed by atoms with Crippen LogP contribution in [0.4, 0.5) is 0 Å². The zero-order valence-electron chi connectivity index (χ0n) is 12.0. The minimum atomic E-state index is 0.569. The average Bonchev–Trinajstić information content (AvgIpc) is 2.83. The SMILES string of the molecule is COc1ccc(CN(C)Cc2cnn(C)c2)cc1C#N. The predicted octanol–water partition coefficient (Wildman–Crippen LogP) is 1.93. The van der Waals surface area contributed by atoms with E-state index < -0.39 is 0 Å². The summed E-state index contributed by atoms with van der Waals surface area (Å²) in [7, 11) is 5.53. The molecule has 0 fully saturated rings. The lowest BCUT2D eigenvalue weighted by Crippen LogP contribution is -2.17. The Morgan fingerprint density at radius 2 is 2.10 bits per heavy atom. The van der Waals surface area contributed by atoms with Crippen LogP contribution in [0.5, 0.6) is 5.75 Å². The van der Waals surface area contributed by atoms with Crippen molar-refractivity contribution in [2.75, 3.05) is 14.2 Å². The highest BCUT2D eigenvalue weighted by atomic mass is 16.5. The molecule has 0 bridgehead atoms. The van der Waals surface area contributed by atoms with E-state index in [1.54, 1.807) is 11.8 Å². The van der Waals surface area contributed by atoms with Crippen LogP contribution >= 0.6 is 0 Å². The summed E-state index contributed by atoms with van der Waals surface area (Å²) in [6.45, 7) is 1.59. The smallest absolute Gasteiger partial charge is 0.136 e. The van der Waals surface area contributed by atoms with E-state index in [1.807, 2.05) is 44.7 Å². The number of methoxy groups -OCH3 is 1. The maximum Gasteiger partial charge on any atom is 0.136 e. The lowest BCUT2D eigenvalue weighted by atomic mass is 10.1. The predicted molar refractivity (Wildman–Crippen MR) is 76.1 cm³/mol. The number of benzene rings is 1. The first-order valence-corrected chi connectivity index (χ1v) is 6.35. The molecule has 1 aromatic carbocycles. The van der Waals surface area contributed by atoms with Gasteiger partial charge in [-0.25, -0.2) is 0 Å². The molecule has 5 nitrogen and oxygen atoms in total. The van der Waals surface area contributed by atoms with E-state index in [0.717, 1.165) is 18.7 Å². The molecule has 0 saturated carbocycles. The normalized spacial score (nSPS) is 10.6. The van der Waals surface area contributed by atoms with Gasteiger partial charge in [-0.05, 0) is 24.7 Å². The summed E-state index contributed by atoms with van der Waals surface area (Å²) in [5, 5.41) is 13.2. The second-order valence-corrected chi connectivity index (χ2v) is 4.84. The van der Waals surface area contributed by atoms with Crippen molar-refractivity contribution in [1.29, 1.82) is 5.26 Å². The van der Waals surface area contributed by atoms with Gasteiger partial charge in [0, 0.05) is 31.9 Å². The van der Waals surface area contributed by atoms with Crippen LogP contribution in [-0.4, -0.2) is 28.8 Å². The summed E-state index contributed by atoms with van der Waals surface area (Å²) >= 11 is 0. The summed E-state index contributed by atoms with van der Waals surface area (Å²) in [5.74, 6) is 0.617. The maximum absolute atomic E-state index is 9.09. The van der Waals surface area contributed by atoms with Gasteiger partial charge in [0.2, 0.25) is 0 Å². The van der Waals surface area contributed by atoms with Gasteiger partial charge in [-0.3, -0.25) is 9.58 Å². The second kappa shape index (κ2) is 6.22. The zero-order valence-corrected chi connectivity index (χ0v) is 12.0. The van der Waals surface area contributed by atoms with Crippen LogP contribution in [0.3, 0.4) is 0 Å². The molecule has 2 rings (SSSR count). The van der Waals surface area contributed by atoms with Gasteiger partial charge in [-0.2, -0.15) is 10.4 Å². The van der Waals surface area contributed by atoms with E-state index in [2.05, 4.69) is 16.1 Å². The molecule has 2 aromatic rings. The third-order valence-corrected chi connectivity index (χ3v) is 3.05. The van der Waals surface area contributed by atoms with Crippen LogP contribution in [0.1, 0.15) is 16.7 Å². The molecule has 1 heterocycles. The number of nitriles is 1. The van der Waals surface area contributed by atoms with Crippen molar-refractivity contribution >= 4 is 0 Å². The first-order chi connectivity index (χ1) is 9.62. The van der Waals surface area contributed by atoms with Crippen molar-refractivity contribution in [2.45, 2.75) is 13.1 Å². The van der Waals surface area contributed by atoms with Gasteiger partial charge in [-0.15, -0.1) is 0 Å². The largest absolute Gasteiger partial charge is 0.495 e. The zero-order chi connectivity index (χ0) is 14.5. The van der Waals surface area contributed by atoms with Crippen LogP contribution in [-0.2, 0) is 20.1 Å². The van der Waals surface area contributed by atoms with Gasteiger partial charge in [0.05, 0.1) is 18.9 Å². The topological polar surface area (TPSA) is 54.1 Å². The molecule has 1 aromatic heterocycles. The minimum Gasteiger partial charge on any atom is -0.495 e. The lowest BCUT2D eigenvalue weighted by Gasteiger charge is -2.16. The van der Waals surface area contributed by atoms with Crippen LogP contribution in [0.25, 0.3) is 0 Å². The van der Waals surface area contributed by atoms with Crippen LogP contribution in [0, 0.1) is 11.3 Å². The van der Waals surface area contributed by atoms with E-state index >= 15 is 0 Å². The molecule has 0 N–H and O–H groups in total.